The van der Waals surface area contributed by atoms with Crippen LogP contribution in [0.5, 0.6) is 0 Å². The molecule has 0 unspecified atom stereocenters. The Balaban J connectivity index is 2.30. The van der Waals surface area contributed by atoms with E-state index in [0.29, 0.717) is 18.4 Å². The van der Waals surface area contributed by atoms with Crippen molar-refractivity contribution in [3.63, 3.8) is 0 Å². The predicted molar refractivity (Wildman–Crippen MR) is 177 cm³/mol. The molecule has 0 aromatic heterocycles. The average molecular weight is 558 g/mol. The van der Waals surface area contributed by atoms with Crippen LogP contribution in [0.25, 0.3) is 0 Å². The molecular formula is C38H64O2. The lowest BCUT2D eigenvalue weighted by molar-refractivity contribution is -0.142. The molecule has 0 aliphatic heterocycles. The van der Waals surface area contributed by atoms with Crippen molar-refractivity contribution in [1.82, 2.24) is 0 Å². The summed E-state index contributed by atoms with van der Waals surface area (Å²) in [5, 5.41) is 0. The fourth-order valence-electron chi connectivity index (χ4n) is 5.05. The second-order valence-corrected chi connectivity index (χ2v) is 12.3. The van der Waals surface area contributed by atoms with E-state index in [9.17, 15) is 4.79 Å². The van der Waals surface area contributed by atoms with Gasteiger partial charge in [0.1, 0.15) is 6.61 Å². The highest BCUT2D eigenvalue weighted by atomic mass is 16.5. The SMILES string of the molecule is [2H]C([2H])([2H])C1=C(/C=C/C(C)=C/C=C/C(C)=C/COC(=O)CCCCCCCCCCCCCCCCC)C(C)(C)CCC1([2H])[2H]. The highest BCUT2D eigenvalue weighted by molar-refractivity contribution is 5.69. The first-order chi connectivity index (χ1) is 21.2. The maximum atomic E-state index is 12.1. The number of unbranched alkanes of at least 4 members (excludes halogenated alkanes) is 14. The normalized spacial score (nSPS) is 19.9. The average Bonchev–Trinajstić information content (AvgIpc) is 2.95. The van der Waals surface area contributed by atoms with Gasteiger partial charge in [-0.1, -0.05) is 158 Å². The maximum absolute atomic E-state index is 12.1. The third-order valence-corrected chi connectivity index (χ3v) is 7.92. The van der Waals surface area contributed by atoms with Crippen LogP contribution in [0.2, 0.25) is 0 Å². The Morgan fingerprint density at radius 2 is 1.45 bits per heavy atom. The molecule has 0 bridgehead atoms. The van der Waals surface area contributed by atoms with E-state index in [0.717, 1.165) is 24.0 Å². The third kappa shape index (κ3) is 18.5. The molecule has 0 saturated heterocycles. The second-order valence-electron chi connectivity index (χ2n) is 12.3. The molecule has 1 aliphatic rings. The van der Waals surface area contributed by atoms with Gasteiger partial charge in [0, 0.05) is 13.3 Å². The van der Waals surface area contributed by atoms with Crippen LogP contribution < -0.4 is 0 Å². The zero-order chi connectivity index (χ0) is 33.8. The van der Waals surface area contributed by atoms with Gasteiger partial charge in [-0.3, -0.25) is 4.79 Å². The standard InChI is InChI=1S/C38H64O2/c1-7-8-9-10-11-12-13-14-15-16-17-18-19-20-21-27-37(39)40-32-30-34(3)25-22-24-33(2)28-29-36-35(4)26-23-31-38(36,5)6/h22,24-25,28-30H,7-21,23,26-27,31-32H2,1-6H3/b25-22+,29-28+,33-24+,34-30+/i4D3,26D2. The van der Waals surface area contributed by atoms with Gasteiger partial charge in [-0.25, -0.2) is 0 Å². The maximum Gasteiger partial charge on any atom is 0.306 e. The van der Waals surface area contributed by atoms with Crippen LogP contribution in [-0.4, -0.2) is 12.6 Å². The van der Waals surface area contributed by atoms with Crippen LogP contribution in [0, 0.1) is 5.41 Å². The minimum atomic E-state index is -2.48. The summed E-state index contributed by atoms with van der Waals surface area (Å²) in [4.78, 5) is 12.1. The number of esters is 1. The van der Waals surface area contributed by atoms with E-state index in [-0.39, 0.29) is 24.6 Å². The first-order valence-electron chi connectivity index (χ1n) is 18.8. The zero-order valence-electron chi connectivity index (χ0n) is 31.7. The van der Waals surface area contributed by atoms with Crippen molar-refractivity contribution in [3.8, 4) is 0 Å². The van der Waals surface area contributed by atoms with Gasteiger partial charge >= 0.3 is 5.97 Å². The van der Waals surface area contributed by atoms with Gasteiger partial charge in [0.05, 0.1) is 0 Å². The lowest BCUT2D eigenvalue weighted by atomic mass is 9.72. The molecule has 228 valence electrons. The number of hydrogen-bond acceptors (Lipinski definition) is 2. The molecular weight excluding hydrogens is 488 g/mol. The number of hydrogen-bond donors (Lipinski definition) is 0. The molecule has 1 aliphatic carbocycles. The number of allylic oxidation sites excluding steroid dienone is 9. The predicted octanol–water partition coefficient (Wildman–Crippen LogP) is 12.3. The van der Waals surface area contributed by atoms with Gasteiger partial charge in [-0.15, -0.1) is 0 Å². The Morgan fingerprint density at radius 1 is 0.875 bits per heavy atom. The summed E-state index contributed by atoms with van der Waals surface area (Å²) in [6, 6.07) is 0. The second kappa shape index (κ2) is 22.8. The minimum absolute atomic E-state index is 0.0706. The molecule has 0 spiro atoms. The molecule has 0 heterocycles. The summed E-state index contributed by atoms with van der Waals surface area (Å²) in [6.07, 6.45) is 30.3. The first kappa shape index (κ1) is 28.3. The molecule has 2 nitrogen and oxygen atoms in total. The quantitative estimate of drug-likeness (QED) is 0.0751. The van der Waals surface area contributed by atoms with E-state index < -0.39 is 18.6 Å². The van der Waals surface area contributed by atoms with Crippen molar-refractivity contribution in [2.24, 2.45) is 5.41 Å². The van der Waals surface area contributed by atoms with E-state index in [4.69, 9.17) is 11.6 Å². The minimum Gasteiger partial charge on any atom is -0.461 e. The molecule has 0 radical (unpaired) electrons. The number of carbonyl (C=O) groups is 1. The van der Waals surface area contributed by atoms with Crippen molar-refractivity contribution in [3.05, 3.63) is 58.7 Å². The van der Waals surface area contributed by atoms with Crippen molar-refractivity contribution in [2.75, 3.05) is 6.61 Å². The highest BCUT2D eigenvalue weighted by Crippen LogP contribution is 2.40. The van der Waals surface area contributed by atoms with E-state index in [2.05, 4.69) is 6.92 Å². The molecule has 0 fully saturated rings. The Bertz CT molecular complexity index is 1010. The van der Waals surface area contributed by atoms with Crippen molar-refractivity contribution < 1.29 is 16.4 Å². The Kier molecular flexibility index (Phi) is 16.1. The largest absolute Gasteiger partial charge is 0.461 e. The van der Waals surface area contributed by atoms with Crippen LogP contribution in [0.15, 0.2) is 58.7 Å². The Labute approximate surface area is 256 Å². The lowest BCUT2D eigenvalue weighted by Gasteiger charge is -2.32. The molecule has 1 rings (SSSR count). The van der Waals surface area contributed by atoms with E-state index in [1.807, 2.05) is 58.1 Å². The molecule has 0 N–H and O–H groups in total. The molecule has 40 heavy (non-hydrogen) atoms. The molecule has 0 atom stereocenters. The van der Waals surface area contributed by atoms with Crippen LogP contribution in [0.4, 0.5) is 0 Å². The van der Waals surface area contributed by atoms with Gasteiger partial charge in [0.2, 0.25) is 0 Å². The summed E-state index contributed by atoms with van der Waals surface area (Å²) in [5.41, 5.74) is 1.99. The van der Waals surface area contributed by atoms with Crippen molar-refractivity contribution >= 4 is 5.97 Å². The zero-order valence-corrected chi connectivity index (χ0v) is 26.7. The van der Waals surface area contributed by atoms with Gasteiger partial charge in [-0.05, 0) is 63.4 Å². The first-order valence-corrected chi connectivity index (χ1v) is 16.3. The monoisotopic (exact) mass is 558 g/mol. The Hall–Kier alpha value is -1.83. The summed E-state index contributed by atoms with van der Waals surface area (Å²) in [5.74, 6) is -0.139. The van der Waals surface area contributed by atoms with Crippen molar-refractivity contribution in [2.45, 2.75) is 163 Å². The van der Waals surface area contributed by atoms with E-state index in [1.165, 1.54) is 83.5 Å². The molecule has 0 saturated carbocycles. The molecule has 0 aromatic carbocycles. The topological polar surface area (TPSA) is 26.3 Å². The summed E-state index contributed by atoms with van der Waals surface area (Å²) in [6.45, 7) is 7.90. The molecule has 0 aromatic rings. The van der Waals surface area contributed by atoms with Crippen LogP contribution in [0.3, 0.4) is 0 Å². The van der Waals surface area contributed by atoms with Crippen LogP contribution in [-0.2, 0) is 9.53 Å². The number of carbonyl (C=O) groups excluding carboxylic acids is 1. The van der Waals surface area contributed by atoms with Gasteiger partial charge < -0.3 is 4.74 Å². The van der Waals surface area contributed by atoms with Crippen LogP contribution in [0.1, 0.15) is 170 Å². The number of ether oxygens (including phenoxy) is 1. The summed E-state index contributed by atoms with van der Waals surface area (Å²) >= 11 is 0. The molecule has 2 heteroatoms. The number of rotatable bonds is 22. The van der Waals surface area contributed by atoms with E-state index in [1.54, 1.807) is 6.08 Å². The summed E-state index contributed by atoms with van der Waals surface area (Å²) in [7, 11) is 0. The Morgan fingerprint density at radius 3 is 2.02 bits per heavy atom. The molecule has 0 amide bonds. The fraction of sp³-hybridized carbons (Fsp3) is 0.711. The smallest absolute Gasteiger partial charge is 0.306 e. The van der Waals surface area contributed by atoms with Crippen LogP contribution >= 0.6 is 0 Å². The lowest BCUT2D eigenvalue weighted by Crippen LogP contribution is -2.19. The van der Waals surface area contributed by atoms with Gasteiger partial charge in [0.25, 0.3) is 0 Å². The van der Waals surface area contributed by atoms with Gasteiger partial charge in [-0.2, -0.15) is 0 Å². The fourth-order valence-corrected chi connectivity index (χ4v) is 5.05. The third-order valence-electron chi connectivity index (χ3n) is 7.92. The van der Waals surface area contributed by atoms with Crippen molar-refractivity contribution in [1.29, 1.82) is 0 Å². The van der Waals surface area contributed by atoms with Gasteiger partial charge in [0.15, 0.2) is 0 Å². The highest BCUT2D eigenvalue weighted by Gasteiger charge is 2.26. The summed E-state index contributed by atoms with van der Waals surface area (Å²) < 4.78 is 45.9. The van der Waals surface area contributed by atoms with E-state index >= 15 is 0 Å².